The van der Waals surface area contributed by atoms with Crippen molar-refractivity contribution in [2.45, 2.75) is 49.0 Å². The number of hydrogen-bond donors (Lipinski definition) is 7. The fourth-order valence-corrected chi connectivity index (χ4v) is 7.26. The Morgan fingerprint density at radius 2 is 1.49 bits per heavy atom. The predicted octanol–water partition coefficient (Wildman–Crippen LogP) is -2.38. The Hall–Kier alpha value is -3.44. The number of nitrogen functional groups attached to an aromatic ring is 2. The van der Waals surface area contributed by atoms with E-state index >= 15 is 0 Å². The van der Waals surface area contributed by atoms with Gasteiger partial charge in [0.05, 0.1) is 31.9 Å². The van der Waals surface area contributed by atoms with Gasteiger partial charge in [0, 0.05) is 0 Å². The summed E-state index contributed by atoms with van der Waals surface area (Å²) in [5, 5.41) is 11.1. The molecule has 4 aromatic heterocycles. The first-order chi connectivity index (χ1) is 21.3. The van der Waals surface area contributed by atoms with E-state index in [2.05, 4.69) is 29.9 Å². The van der Waals surface area contributed by atoms with Crippen LogP contribution in [0.1, 0.15) is 12.5 Å². The molecule has 0 spiro atoms. The van der Waals surface area contributed by atoms with E-state index in [0.717, 1.165) is 12.7 Å². The van der Waals surface area contributed by atoms with E-state index in [9.17, 15) is 28.8 Å². The lowest BCUT2D eigenvalue weighted by Crippen LogP contribution is -2.42. The van der Waals surface area contributed by atoms with Gasteiger partial charge in [-0.25, -0.2) is 29.1 Å². The highest BCUT2D eigenvalue weighted by Gasteiger charge is 2.53. The number of anilines is 2. The van der Waals surface area contributed by atoms with Crippen LogP contribution in [0.5, 0.6) is 0 Å². The lowest BCUT2D eigenvalue weighted by Gasteiger charge is -2.26. The minimum atomic E-state index is -5.03. The monoisotopic (exact) mass is 673 g/mol. The summed E-state index contributed by atoms with van der Waals surface area (Å²) in [6.45, 7) is -1.49. The number of phosphoric ester groups is 2. The fourth-order valence-electron chi connectivity index (χ4n) is 5.35. The molecule has 0 saturated carbocycles. The topological polar surface area (TPSA) is 335 Å². The van der Waals surface area contributed by atoms with Gasteiger partial charge in [-0.05, 0) is 0 Å². The molecule has 3 aliphatic rings. The van der Waals surface area contributed by atoms with Crippen LogP contribution in [0.2, 0.25) is 0 Å². The van der Waals surface area contributed by atoms with Gasteiger partial charge in [0.1, 0.15) is 42.4 Å². The van der Waals surface area contributed by atoms with Crippen LogP contribution < -0.4 is 22.8 Å². The van der Waals surface area contributed by atoms with Crippen LogP contribution in [0.25, 0.3) is 22.3 Å². The van der Waals surface area contributed by atoms with Crippen molar-refractivity contribution >= 4 is 49.7 Å². The van der Waals surface area contributed by atoms with Crippen LogP contribution in [-0.4, -0.2) is 104 Å². The summed E-state index contributed by atoms with van der Waals surface area (Å²) in [6.07, 6.45) is -6.68. The van der Waals surface area contributed by atoms with Crippen LogP contribution >= 0.6 is 15.6 Å². The summed E-state index contributed by atoms with van der Waals surface area (Å²) >= 11 is 0. The van der Waals surface area contributed by atoms with Crippen molar-refractivity contribution < 1.29 is 51.6 Å². The van der Waals surface area contributed by atoms with Gasteiger partial charge in [0.15, 0.2) is 35.1 Å². The summed E-state index contributed by atoms with van der Waals surface area (Å²) in [5.74, 6) is -0.208. The van der Waals surface area contributed by atoms with Crippen molar-refractivity contribution in [1.29, 1.82) is 0 Å². The molecule has 7 heterocycles. The number of aliphatic hydroxyl groups excluding tert-OH is 1. The molecule has 7 rings (SSSR count). The molecule has 45 heavy (non-hydrogen) atoms. The molecule has 0 aromatic carbocycles. The molecule has 2 unspecified atom stereocenters. The molecule has 3 aliphatic heterocycles. The highest BCUT2D eigenvalue weighted by molar-refractivity contribution is 7.47. The summed E-state index contributed by atoms with van der Waals surface area (Å²) < 4.78 is 61.7. The number of phosphoric acid groups is 2. The van der Waals surface area contributed by atoms with Gasteiger partial charge in [0.2, 0.25) is 5.95 Å². The normalized spacial score (nSPS) is 37.7. The zero-order valence-electron chi connectivity index (χ0n) is 22.5. The first-order valence-corrected chi connectivity index (χ1v) is 16.0. The Morgan fingerprint density at radius 3 is 2.22 bits per heavy atom. The number of ether oxygens (including phenoxy) is 2. The summed E-state index contributed by atoms with van der Waals surface area (Å²) in [7, 11) is -10.0. The van der Waals surface area contributed by atoms with Crippen LogP contribution in [0, 0.1) is 0 Å². The Morgan fingerprint density at radius 1 is 0.867 bits per heavy atom. The second-order valence-corrected chi connectivity index (χ2v) is 13.0. The number of nitrogens with two attached hydrogens (primary N) is 3. The van der Waals surface area contributed by atoms with Gasteiger partial charge >= 0.3 is 15.6 Å². The molecule has 25 heteroatoms. The van der Waals surface area contributed by atoms with E-state index in [0.29, 0.717) is 0 Å². The van der Waals surface area contributed by atoms with Gasteiger partial charge < -0.3 is 41.6 Å². The second kappa shape index (κ2) is 10.8. The quantitative estimate of drug-likeness (QED) is 0.109. The van der Waals surface area contributed by atoms with Crippen molar-refractivity contribution in [3.63, 3.8) is 0 Å². The molecule has 3 fully saturated rings. The molecule has 242 valence electrons. The van der Waals surface area contributed by atoms with E-state index in [-0.39, 0.29) is 34.1 Å². The molecule has 10 N–H and O–H groups in total. The Bertz CT molecular complexity index is 1940. The van der Waals surface area contributed by atoms with Crippen molar-refractivity contribution in [2.75, 3.05) is 24.7 Å². The van der Waals surface area contributed by atoms with Gasteiger partial charge in [0.25, 0.3) is 5.56 Å². The molecule has 4 aromatic rings. The van der Waals surface area contributed by atoms with Crippen LogP contribution in [0.4, 0.5) is 11.8 Å². The van der Waals surface area contributed by atoms with E-state index < -0.39 is 83.4 Å². The first kappa shape index (κ1) is 30.2. The molecule has 0 amide bonds. The Kier molecular flexibility index (Phi) is 7.27. The summed E-state index contributed by atoms with van der Waals surface area (Å²) in [4.78, 5) is 56.0. The number of imidazole rings is 2. The lowest BCUT2D eigenvalue weighted by molar-refractivity contribution is -0.0670. The number of rotatable bonds is 2. The van der Waals surface area contributed by atoms with Gasteiger partial charge in [-0.1, -0.05) is 0 Å². The SMILES string of the molecule is Nc1nc2c(ncn2[C@@H]2O[C@@H]3COP(=O)(O)O[C@H]4[C@@H](O)[C@H](n5cnc6c(N)ncnc65)O[C@@H]4COP(=O)(O)O[C@@H]2[C@@H]3N)c(=O)[nH]1. The third-order valence-corrected chi connectivity index (χ3v) is 9.38. The third-order valence-electron chi connectivity index (χ3n) is 7.41. The maximum absolute atomic E-state index is 13.2. The number of nitrogens with one attached hydrogen (secondary N) is 1. The number of hydrogen-bond acceptors (Lipinski definition) is 18. The number of H-pyrrole nitrogens is 1. The Labute approximate surface area is 249 Å². The molecule has 2 bridgehead atoms. The number of fused-ring (bicyclic) bond motifs is 5. The largest absolute Gasteiger partial charge is 0.472 e. The molecule has 23 nitrogen and oxygen atoms in total. The number of nitrogens with zero attached hydrogens (tertiary/aromatic N) is 7. The maximum Gasteiger partial charge on any atom is 0.472 e. The minimum absolute atomic E-state index is 0.0445. The fraction of sp³-hybridized carbons (Fsp3) is 0.500. The highest BCUT2D eigenvalue weighted by Crippen LogP contribution is 2.53. The lowest BCUT2D eigenvalue weighted by atomic mass is 10.1. The predicted molar refractivity (Wildman–Crippen MR) is 145 cm³/mol. The molecule has 0 radical (unpaired) electrons. The number of aliphatic hydroxyl groups is 1. The second-order valence-electron chi connectivity index (χ2n) is 10.2. The van der Waals surface area contributed by atoms with Gasteiger partial charge in [-0.3, -0.25) is 37.0 Å². The average molecular weight is 673 g/mol. The van der Waals surface area contributed by atoms with E-state index in [1.54, 1.807) is 0 Å². The van der Waals surface area contributed by atoms with Gasteiger partial charge in [-0.15, -0.1) is 0 Å². The summed E-state index contributed by atoms with van der Waals surface area (Å²) in [5.41, 5.74) is 17.3. The van der Waals surface area contributed by atoms with Gasteiger partial charge in [-0.2, -0.15) is 4.98 Å². The number of aromatic nitrogens is 8. The van der Waals surface area contributed by atoms with Crippen LogP contribution in [0.15, 0.2) is 23.8 Å². The molecular formula is C20H25N11O12P2. The molecule has 0 aliphatic carbocycles. The smallest absolute Gasteiger partial charge is 0.386 e. The summed E-state index contributed by atoms with van der Waals surface area (Å²) in [6, 6.07) is -1.27. The first-order valence-electron chi connectivity index (χ1n) is 13.0. The van der Waals surface area contributed by atoms with Crippen molar-refractivity contribution in [3.05, 3.63) is 29.3 Å². The molecular weight excluding hydrogens is 648 g/mol. The zero-order chi connectivity index (χ0) is 31.8. The average Bonchev–Trinajstić information content (AvgIpc) is 3.72. The van der Waals surface area contributed by atoms with Crippen molar-refractivity contribution in [2.24, 2.45) is 5.73 Å². The van der Waals surface area contributed by atoms with Crippen LogP contribution in [0.3, 0.4) is 0 Å². The van der Waals surface area contributed by atoms with Crippen molar-refractivity contribution in [3.8, 4) is 0 Å². The Balaban J connectivity index is 1.21. The maximum atomic E-state index is 13.2. The number of aromatic amines is 1. The van der Waals surface area contributed by atoms with E-state index in [1.807, 2.05) is 0 Å². The highest BCUT2D eigenvalue weighted by atomic mass is 31.2. The zero-order valence-corrected chi connectivity index (χ0v) is 24.3. The third kappa shape index (κ3) is 5.31. The standard InChI is InChI=1S/C20H25N11O12P2/c21-8-6-1-38-44(34,35)42-12-7(41-18(11(12)32)30-4-26-9-14(22)24-3-25-15(9)30)2-39-45(36,37)43-13(8)19(40-6)31-5-27-10-16(31)28-20(23)29-17(10)33/h3-8,11-13,18-19,32H,1-2,21H2,(H,34,35)(H,36,37)(H2,22,24,25)(H3,23,28,29,33)/t6-,7-,8-,11-,12-,13-,18-,19-/m1/s1. The molecule has 10 atom stereocenters. The van der Waals surface area contributed by atoms with Crippen LogP contribution in [-0.2, 0) is 36.7 Å². The van der Waals surface area contributed by atoms with E-state index in [1.165, 1.54) is 15.5 Å². The molecule has 3 saturated heterocycles. The van der Waals surface area contributed by atoms with Crippen molar-refractivity contribution in [1.82, 2.24) is 39.0 Å². The minimum Gasteiger partial charge on any atom is -0.386 e. The van der Waals surface area contributed by atoms with E-state index in [4.69, 9.17) is 44.8 Å².